The first-order chi connectivity index (χ1) is 8.43. The van der Waals surface area contributed by atoms with Gasteiger partial charge in [-0.15, -0.1) is 0 Å². The van der Waals surface area contributed by atoms with Crippen LogP contribution in [0.15, 0.2) is 54.6 Å². The first kappa shape index (κ1) is 10.4. The quantitative estimate of drug-likeness (QED) is 0.754. The van der Waals surface area contributed by atoms with Crippen LogP contribution in [0.1, 0.15) is 12.8 Å². The van der Waals surface area contributed by atoms with Crippen molar-refractivity contribution in [2.45, 2.75) is 12.8 Å². The highest BCUT2D eigenvalue weighted by molar-refractivity contribution is 5.62. The lowest BCUT2D eigenvalue weighted by Crippen LogP contribution is -2.19. The van der Waals surface area contributed by atoms with Gasteiger partial charge < -0.3 is 4.90 Å². The Labute approximate surface area is 103 Å². The number of anilines is 2. The maximum absolute atomic E-state index is 3.08. The van der Waals surface area contributed by atoms with Crippen molar-refractivity contribution in [1.82, 2.24) is 0 Å². The highest BCUT2D eigenvalue weighted by Crippen LogP contribution is 2.34. The number of hydrogen-bond donors (Lipinski definition) is 0. The van der Waals surface area contributed by atoms with Crippen LogP contribution in [-0.2, 0) is 0 Å². The van der Waals surface area contributed by atoms with Crippen LogP contribution < -0.4 is 4.90 Å². The van der Waals surface area contributed by atoms with E-state index in [1.54, 1.807) is 0 Å². The van der Waals surface area contributed by atoms with Crippen molar-refractivity contribution >= 4 is 11.4 Å². The van der Waals surface area contributed by atoms with E-state index in [9.17, 15) is 0 Å². The van der Waals surface area contributed by atoms with Crippen LogP contribution in [0.5, 0.6) is 0 Å². The third-order valence-corrected chi connectivity index (χ3v) is 3.22. The van der Waals surface area contributed by atoms with E-state index in [1.165, 1.54) is 24.2 Å². The maximum atomic E-state index is 3.08. The molecule has 0 unspecified atom stereocenters. The molecule has 2 aromatic rings. The van der Waals surface area contributed by atoms with Gasteiger partial charge in [0.2, 0.25) is 0 Å². The van der Waals surface area contributed by atoms with Crippen LogP contribution in [0.3, 0.4) is 0 Å². The number of para-hydroxylation sites is 1. The lowest BCUT2D eigenvalue weighted by molar-refractivity contribution is 0.814. The fraction of sp³-hybridized carbons (Fsp3) is 0.250. The highest BCUT2D eigenvalue weighted by Gasteiger charge is 2.25. The molecule has 17 heavy (non-hydrogen) atoms. The van der Waals surface area contributed by atoms with Gasteiger partial charge in [0.1, 0.15) is 0 Å². The summed E-state index contributed by atoms with van der Waals surface area (Å²) in [5.41, 5.74) is 2.55. The van der Waals surface area contributed by atoms with E-state index in [0.717, 1.165) is 12.5 Å². The monoisotopic (exact) mass is 222 g/mol. The normalized spacial score (nSPS) is 14.6. The third kappa shape index (κ3) is 2.50. The van der Waals surface area contributed by atoms with Gasteiger partial charge in [0.25, 0.3) is 0 Å². The fourth-order valence-electron chi connectivity index (χ4n) is 2.08. The van der Waals surface area contributed by atoms with E-state index in [-0.39, 0.29) is 0 Å². The first-order valence-electron chi connectivity index (χ1n) is 6.22. The van der Waals surface area contributed by atoms with Gasteiger partial charge in [-0.25, -0.2) is 0 Å². The Morgan fingerprint density at radius 3 is 2.24 bits per heavy atom. The summed E-state index contributed by atoms with van der Waals surface area (Å²) in [6.07, 6.45) is 2.75. The molecule has 0 bridgehead atoms. The molecular formula is C16H16N. The zero-order valence-corrected chi connectivity index (χ0v) is 9.84. The Kier molecular flexibility index (Phi) is 2.83. The molecule has 0 spiro atoms. The zero-order valence-electron chi connectivity index (χ0n) is 9.84. The Morgan fingerprint density at radius 1 is 0.941 bits per heavy atom. The Morgan fingerprint density at radius 2 is 1.59 bits per heavy atom. The minimum absolute atomic E-state index is 0.874. The van der Waals surface area contributed by atoms with Crippen LogP contribution in [0.25, 0.3) is 0 Å². The summed E-state index contributed by atoms with van der Waals surface area (Å²) in [7, 11) is 0. The van der Waals surface area contributed by atoms with E-state index < -0.39 is 0 Å². The molecule has 1 nitrogen and oxygen atoms in total. The molecule has 1 saturated carbocycles. The van der Waals surface area contributed by atoms with Crippen molar-refractivity contribution < 1.29 is 0 Å². The minimum atomic E-state index is 0.874. The molecular weight excluding hydrogens is 206 g/mol. The molecule has 1 fully saturated rings. The fourth-order valence-corrected chi connectivity index (χ4v) is 2.08. The first-order valence-corrected chi connectivity index (χ1v) is 6.22. The van der Waals surface area contributed by atoms with E-state index in [2.05, 4.69) is 53.4 Å². The molecule has 3 rings (SSSR count). The van der Waals surface area contributed by atoms with Crippen LogP contribution in [-0.4, -0.2) is 6.54 Å². The van der Waals surface area contributed by atoms with Crippen molar-refractivity contribution in [3.8, 4) is 0 Å². The summed E-state index contributed by atoms with van der Waals surface area (Å²) in [6, 6.07) is 21.9. The second kappa shape index (κ2) is 4.62. The van der Waals surface area contributed by atoms with Crippen molar-refractivity contribution in [2.75, 3.05) is 11.4 Å². The maximum Gasteiger partial charge on any atom is 0.0411 e. The Balaban J connectivity index is 1.91. The van der Waals surface area contributed by atoms with Gasteiger partial charge in [0.05, 0.1) is 0 Å². The molecule has 85 valence electrons. The van der Waals surface area contributed by atoms with E-state index in [4.69, 9.17) is 0 Å². The number of nitrogens with zero attached hydrogens (tertiary/aromatic N) is 1. The van der Waals surface area contributed by atoms with Crippen LogP contribution in [0, 0.1) is 12.0 Å². The van der Waals surface area contributed by atoms with Crippen LogP contribution >= 0.6 is 0 Å². The van der Waals surface area contributed by atoms with Crippen molar-refractivity contribution in [3.63, 3.8) is 0 Å². The van der Waals surface area contributed by atoms with Gasteiger partial charge in [0.15, 0.2) is 0 Å². The number of rotatable bonds is 4. The second-order valence-electron chi connectivity index (χ2n) is 4.65. The molecule has 1 radical (unpaired) electrons. The summed E-state index contributed by atoms with van der Waals surface area (Å²) in [6.45, 7) is 1.13. The average molecular weight is 222 g/mol. The topological polar surface area (TPSA) is 3.24 Å². The van der Waals surface area contributed by atoms with Gasteiger partial charge in [-0.05, 0) is 49.1 Å². The molecule has 0 heterocycles. The summed E-state index contributed by atoms with van der Waals surface area (Å²) in [4.78, 5) is 2.41. The van der Waals surface area contributed by atoms with E-state index in [0.29, 0.717) is 0 Å². The molecule has 0 saturated heterocycles. The average Bonchev–Trinajstić information content (AvgIpc) is 3.22. The van der Waals surface area contributed by atoms with Crippen LogP contribution in [0.4, 0.5) is 11.4 Å². The lowest BCUT2D eigenvalue weighted by Gasteiger charge is -2.24. The van der Waals surface area contributed by atoms with E-state index >= 15 is 0 Å². The third-order valence-electron chi connectivity index (χ3n) is 3.22. The smallest absolute Gasteiger partial charge is 0.0411 e. The molecule has 0 atom stereocenters. The van der Waals surface area contributed by atoms with Gasteiger partial charge in [0, 0.05) is 17.9 Å². The summed E-state index contributed by atoms with van der Waals surface area (Å²) >= 11 is 0. The summed E-state index contributed by atoms with van der Waals surface area (Å²) in [5.74, 6) is 0.874. The van der Waals surface area contributed by atoms with Gasteiger partial charge >= 0.3 is 0 Å². The highest BCUT2D eigenvalue weighted by atomic mass is 15.1. The molecule has 0 N–H and O–H groups in total. The second-order valence-corrected chi connectivity index (χ2v) is 4.65. The predicted octanol–water partition coefficient (Wildman–Crippen LogP) is 4.03. The van der Waals surface area contributed by atoms with Crippen LogP contribution in [0.2, 0.25) is 0 Å². The molecule has 0 aliphatic heterocycles. The largest absolute Gasteiger partial charge is 0.341 e. The molecule has 1 aliphatic carbocycles. The SMILES string of the molecule is [c]1ccc(N(CC2CC2)c2ccccc2)cc1. The minimum Gasteiger partial charge on any atom is -0.341 e. The predicted molar refractivity (Wildman–Crippen MR) is 71.5 cm³/mol. The van der Waals surface area contributed by atoms with Crippen molar-refractivity contribution in [2.24, 2.45) is 5.92 Å². The summed E-state index contributed by atoms with van der Waals surface area (Å²) in [5, 5.41) is 0. The van der Waals surface area contributed by atoms with Gasteiger partial charge in [-0.2, -0.15) is 0 Å². The van der Waals surface area contributed by atoms with E-state index in [1.807, 2.05) is 12.1 Å². The Hall–Kier alpha value is -1.76. The standard InChI is InChI=1S/C16H16N/c1-3-7-15(8-4-1)17(13-14-11-12-14)16-9-5-2-6-10-16/h1,3-10,14H,11-13H2. The molecule has 1 aliphatic rings. The van der Waals surface area contributed by atoms with Gasteiger partial charge in [-0.3, -0.25) is 0 Å². The molecule has 2 aromatic carbocycles. The molecule has 0 amide bonds. The zero-order chi connectivity index (χ0) is 11.5. The van der Waals surface area contributed by atoms with Crippen molar-refractivity contribution in [1.29, 1.82) is 0 Å². The summed E-state index contributed by atoms with van der Waals surface area (Å²) < 4.78 is 0. The number of hydrogen-bond acceptors (Lipinski definition) is 1. The molecule has 1 heteroatoms. The Bertz CT molecular complexity index is 420. The van der Waals surface area contributed by atoms with Crippen molar-refractivity contribution in [3.05, 3.63) is 60.7 Å². The number of benzene rings is 2. The lowest BCUT2D eigenvalue weighted by atomic mass is 10.2. The molecule has 0 aromatic heterocycles. The van der Waals surface area contributed by atoms with Gasteiger partial charge in [-0.1, -0.05) is 30.3 Å².